The lowest BCUT2D eigenvalue weighted by Gasteiger charge is -2.06. The zero-order valence-corrected chi connectivity index (χ0v) is 11.2. The van der Waals surface area contributed by atoms with Crippen LogP contribution in [0.3, 0.4) is 0 Å². The Hall–Kier alpha value is -3.22. The predicted octanol–water partition coefficient (Wildman–Crippen LogP) is 2.52. The summed E-state index contributed by atoms with van der Waals surface area (Å²) in [6.45, 7) is 0.175. The van der Waals surface area contributed by atoms with Crippen LogP contribution in [0.4, 0.5) is 11.4 Å². The second kappa shape index (κ2) is 5.28. The number of anilines is 1. The van der Waals surface area contributed by atoms with Crippen molar-refractivity contribution in [2.24, 2.45) is 0 Å². The molecule has 1 amide bonds. The molecule has 2 aromatic carbocycles. The Morgan fingerprint density at radius 3 is 2.82 bits per heavy atom. The van der Waals surface area contributed by atoms with Crippen molar-refractivity contribution in [2.75, 3.05) is 5.32 Å². The van der Waals surface area contributed by atoms with Gasteiger partial charge in [-0.1, -0.05) is 6.07 Å². The summed E-state index contributed by atoms with van der Waals surface area (Å²) in [4.78, 5) is 33.6. The molecule has 22 heavy (non-hydrogen) atoms. The van der Waals surface area contributed by atoms with E-state index in [1.54, 1.807) is 18.2 Å². The van der Waals surface area contributed by atoms with Crippen molar-refractivity contribution < 1.29 is 19.2 Å². The third-order valence-corrected chi connectivity index (χ3v) is 3.26. The van der Waals surface area contributed by atoms with Gasteiger partial charge in [-0.05, 0) is 24.3 Å². The summed E-state index contributed by atoms with van der Waals surface area (Å²) in [5.74, 6) is -0.847. The predicted molar refractivity (Wildman–Crippen MR) is 76.6 cm³/mol. The summed E-state index contributed by atoms with van der Waals surface area (Å²) >= 11 is 0. The van der Waals surface area contributed by atoms with Crippen molar-refractivity contribution in [3.63, 3.8) is 0 Å². The van der Waals surface area contributed by atoms with E-state index in [4.69, 9.17) is 4.74 Å². The highest BCUT2D eigenvalue weighted by Crippen LogP contribution is 2.24. The molecule has 7 nitrogen and oxygen atoms in total. The van der Waals surface area contributed by atoms with Gasteiger partial charge in [0.15, 0.2) is 0 Å². The van der Waals surface area contributed by atoms with Gasteiger partial charge in [0.1, 0.15) is 6.61 Å². The van der Waals surface area contributed by atoms with Crippen LogP contribution in [-0.4, -0.2) is 16.8 Å². The maximum atomic E-state index is 12.1. The highest BCUT2D eigenvalue weighted by Gasteiger charge is 2.21. The molecular weight excluding hydrogens is 288 g/mol. The van der Waals surface area contributed by atoms with E-state index < -0.39 is 10.8 Å². The molecule has 3 rings (SSSR count). The van der Waals surface area contributed by atoms with Gasteiger partial charge in [0, 0.05) is 28.9 Å². The number of amides is 1. The fourth-order valence-corrected chi connectivity index (χ4v) is 2.18. The SMILES string of the molecule is O=C(Nc1ccc2c(c1)COC2=O)c1cccc([N+](=O)[O-])c1. The topological polar surface area (TPSA) is 98.5 Å². The molecule has 0 radical (unpaired) electrons. The summed E-state index contributed by atoms with van der Waals surface area (Å²) in [5.41, 5.74) is 1.70. The second-order valence-electron chi connectivity index (χ2n) is 4.71. The smallest absolute Gasteiger partial charge is 0.338 e. The number of nitro groups is 1. The van der Waals surface area contributed by atoms with Crippen LogP contribution in [0.15, 0.2) is 42.5 Å². The van der Waals surface area contributed by atoms with E-state index in [-0.39, 0.29) is 23.8 Å². The standard InChI is InChI=1S/C15H10N2O5/c18-14(9-2-1-3-12(7-9)17(20)21)16-11-4-5-13-10(6-11)8-22-15(13)19/h1-7H,8H2,(H,16,18). The molecule has 1 heterocycles. The number of carbonyl (C=O) groups is 2. The number of esters is 1. The number of benzene rings is 2. The molecule has 7 heteroatoms. The number of non-ortho nitro benzene ring substituents is 1. The quantitative estimate of drug-likeness (QED) is 0.533. The minimum atomic E-state index is -0.560. The van der Waals surface area contributed by atoms with Gasteiger partial charge >= 0.3 is 5.97 Å². The number of nitro benzene ring substituents is 1. The molecular formula is C15H10N2O5. The fraction of sp³-hybridized carbons (Fsp3) is 0.0667. The van der Waals surface area contributed by atoms with Crippen LogP contribution in [0.1, 0.15) is 26.3 Å². The average Bonchev–Trinajstić information content (AvgIpc) is 2.88. The zero-order valence-electron chi connectivity index (χ0n) is 11.2. The first-order valence-electron chi connectivity index (χ1n) is 6.40. The number of hydrogen-bond acceptors (Lipinski definition) is 5. The molecule has 0 fully saturated rings. The van der Waals surface area contributed by atoms with E-state index in [0.29, 0.717) is 16.8 Å². The molecule has 0 aromatic heterocycles. The minimum Gasteiger partial charge on any atom is -0.457 e. The number of nitrogens with one attached hydrogen (secondary N) is 1. The Kier molecular flexibility index (Phi) is 3.30. The molecule has 0 unspecified atom stereocenters. The Labute approximate surface area is 124 Å². The molecule has 110 valence electrons. The maximum Gasteiger partial charge on any atom is 0.338 e. The van der Waals surface area contributed by atoms with E-state index in [9.17, 15) is 19.7 Å². The van der Waals surface area contributed by atoms with Gasteiger partial charge in [0.2, 0.25) is 0 Å². The summed E-state index contributed by atoms with van der Waals surface area (Å²) < 4.78 is 4.88. The van der Waals surface area contributed by atoms with Crippen LogP contribution in [-0.2, 0) is 11.3 Å². The minimum absolute atomic E-state index is 0.152. The van der Waals surface area contributed by atoms with Crippen molar-refractivity contribution in [1.82, 2.24) is 0 Å². The summed E-state index contributed by atoms with van der Waals surface area (Å²) in [6.07, 6.45) is 0. The molecule has 1 aliphatic heterocycles. The Balaban J connectivity index is 1.81. The number of nitrogens with zero attached hydrogens (tertiary/aromatic N) is 1. The first-order valence-corrected chi connectivity index (χ1v) is 6.40. The lowest BCUT2D eigenvalue weighted by molar-refractivity contribution is -0.384. The van der Waals surface area contributed by atoms with Gasteiger partial charge in [-0.3, -0.25) is 14.9 Å². The molecule has 0 saturated heterocycles. The van der Waals surface area contributed by atoms with Crippen LogP contribution in [0.25, 0.3) is 0 Å². The first kappa shape index (κ1) is 13.7. The molecule has 0 spiro atoms. The van der Waals surface area contributed by atoms with Gasteiger partial charge in [0.25, 0.3) is 11.6 Å². The number of hydrogen-bond donors (Lipinski definition) is 1. The van der Waals surface area contributed by atoms with Crippen molar-refractivity contribution in [2.45, 2.75) is 6.61 Å². The zero-order chi connectivity index (χ0) is 15.7. The fourth-order valence-electron chi connectivity index (χ4n) is 2.18. The molecule has 1 N–H and O–H groups in total. The third-order valence-electron chi connectivity index (χ3n) is 3.26. The van der Waals surface area contributed by atoms with Gasteiger partial charge < -0.3 is 10.1 Å². The summed E-state index contributed by atoms with van der Waals surface area (Å²) in [7, 11) is 0. The molecule has 0 aliphatic carbocycles. The lowest BCUT2D eigenvalue weighted by atomic mass is 10.1. The van der Waals surface area contributed by atoms with Crippen LogP contribution < -0.4 is 5.32 Å². The van der Waals surface area contributed by atoms with Crippen LogP contribution >= 0.6 is 0 Å². The number of rotatable bonds is 3. The maximum absolute atomic E-state index is 12.1. The van der Waals surface area contributed by atoms with E-state index in [1.807, 2.05) is 0 Å². The van der Waals surface area contributed by atoms with Crippen molar-refractivity contribution in [1.29, 1.82) is 0 Å². The molecule has 1 aliphatic rings. The highest BCUT2D eigenvalue weighted by atomic mass is 16.6. The van der Waals surface area contributed by atoms with E-state index in [1.165, 1.54) is 24.3 Å². The Morgan fingerprint density at radius 2 is 2.05 bits per heavy atom. The summed E-state index contributed by atoms with van der Waals surface area (Å²) in [5, 5.41) is 13.4. The number of cyclic esters (lactones) is 1. The monoisotopic (exact) mass is 298 g/mol. The van der Waals surface area contributed by atoms with Crippen molar-refractivity contribution in [3.8, 4) is 0 Å². The van der Waals surface area contributed by atoms with Crippen LogP contribution in [0.5, 0.6) is 0 Å². The van der Waals surface area contributed by atoms with Gasteiger partial charge in [-0.25, -0.2) is 4.79 Å². The second-order valence-corrected chi connectivity index (χ2v) is 4.71. The Bertz CT molecular complexity index is 800. The van der Waals surface area contributed by atoms with E-state index in [2.05, 4.69) is 5.32 Å². The summed E-state index contributed by atoms with van der Waals surface area (Å²) in [6, 6.07) is 10.3. The van der Waals surface area contributed by atoms with Gasteiger partial charge in [-0.15, -0.1) is 0 Å². The van der Waals surface area contributed by atoms with Crippen molar-refractivity contribution >= 4 is 23.3 Å². The van der Waals surface area contributed by atoms with Gasteiger partial charge in [-0.2, -0.15) is 0 Å². The average molecular weight is 298 g/mol. The molecule has 0 atom stereocenters. The normalized spacial score (nSPS) is 12.5. The van der Waals surface area contributed by atoms with Crippen LogP contribution in [0, 0.1) is 10.1 Å². The van der Waals surface area contributed by atoms with Crippen LogP contribution in [0.2, 0.25) is 0 Å². The van der Waals surface area contributed by atoms with E-state index in [0.717, 1.165) is 0 Å². The molecule has 0 bridgehead atoms. The number of ether oxygens (including phenoxy) is 1. The molecule has 0 saturated carbocycles. The van der Waals surface area contributed by atoms with Crippen molar-refractivity contribution in [3.05, 3.63) is 69.3 Å². The highest BCUT2D eigenvalue weighted by molar-refractivity contribution is 6.05. The largest absolute Gasteiger partial charge is 0.457 e. The number of fused-ring (bicyclic) bond motifs is 1. The van der Waals surface area contributed by atoms with Gasteiger partial charge in [0.05, 0.1) is 10.5 Å². The first-order chi connectivity index (χ1) is 10.5. The third kappa shape index (κ3) is 2.51. The molecule has 2 aromatic rings. The Morgan fingerprint density at radius 1 is 1.23 bits per heavy atom. The number of carbonyl (C=O) groups excluding carboxylic acids is 2. The van der Waals surface area contributed by atoms with E-state index >= 15 is 0 Å². The lowest BCUT2D eigenvalue weighted by Crippen LogP contribution is -2.12.